The number of phenols is 1. The molecule has 7 N–H and O–H groups in total. The van der Waals surface area contributed by atoms with Crippen LogP contribution in [0.4, 0.5) is 18.9 Å². The molecule has 2 aromatic rings. The van der Waals surface area contributed by atoms with E-state index in [1.807, 2.05) is 0 Å². The van der Waals surface area contributed by atoms with E-state index in [1.165, 1.54) is 4.90 Å². The number of aliphatic hydroxyl groups excluding tert-OH is 2. The van der Waals surface area contributed by atoms with Crippen molar-refractivity contribution in [2.45, 2.75) is 37.6 Å². The van der Waals surface area contributed by atoms with E-state index in [2.05, 4.69) is 5.32 Å². The molecule has 0 unspecified atom stereocenters. The maximum Gasteiger partial charge on any atom is 0.255 e. The lowest BCUT2D eigenvalue weighted by Gasteiger charge is -2.50. The molecule has 2 aromatic carbocycles. The SMILES string of the molecule is CN(C)c1cc(CNCc2cc(F)c(F)c(F)c2)c(O)c2c1C[C@H]1C[C@H]3[C@H](N(C)C)C(O)=C(C(N)=O)C(=O)[C@@]3(O)C(O)=C1C2=O. The highest BCUT2D eigenvalue weighted by Crippen LogP contribution is 2.53. The molecule has 45 heavy (non-hydrogen) atoms. The van der Waals surface area contributed by atoms with Crippen molar-refractivity contribution in [3.8, 4) is 5.75 Å². The van der Waals surface area contributed by atoms with Crippen LogP contribution in [0, 0.1) is 29.3 Å². The van der Waals surface area contributed by atoms with Crippen molar-refractivity contribution in [1.82, 2.24) is 10.2 Å². The molecule has 3 aliphatic carbocycles. The van der Waals surface area contributed by atoms with Gasteiger partial charge in [0.05, 0.1) is 11.6 Å². The lowest BCUT2D eigenvalue weighted by molar-refractivity contribution is -0.148. The summed E-state index contributed by atoms with van der Waals surface area (Å²) >= 11 is 0. The second-order valence-electron chi connectivity index (χ2n) is 12.1. The van der Waals surface area contributed by atoms with E-state index in [0.717, 1.165) is 12.1 Å². The third-order valence-corrected chi connectivity index (χ3v) is 8.95. The number of carbonyl (C=O) groups is 3. The van der Waals surface area contributed by atoms with Crippen LogP contribution < -0.4 is 16.0 Å². The molecule has 0 fully saturated rings. The minimum absolute atomic E-state index is 0.0481. The summed E-state index contributed by atoms with van der Waals surface area (Å²) in [5.41, 5.74) is 2.56. The summed E-state index contributed by atoms with van der Waals surface area (Å²) in [5.74, 6) is -11.8. The topological polar surface area (TPSA) is 177 Å². The average molecular weight is 631 g/mol. The van der Waals surface area contributed by atoms with Gasteiger partial charge in [0.15, 0.2) is 28.8 Å². The van der Waals surface area contributed by atoms with Crippen LogP contribution in [-0.2, 0) is 29.1 Å². The number of nitrogens with one attached hydrogen (secondary N) is 1. The second kappa shape index (κ2) is 11.2. The third-order valence-electron chi connectivity index (χ3n) is 8.95. The van der Waals surface area contributed by atoms with Gasteiger partial charge in [-0.1, -0.05) is 0 Å². The number of halogens is 3. The maximum absolute atomic E-state index is 14.1. The van der Waals surface area contributed by atoms with Crippen molar-refractivity contribution in [2.75, 3.05) is 33.1 Å². The Labute approximate surface area is 256 Å². The summed E-state index contributed by atoms with van der Waals surface area (Å²) < 4.78 is 40.7. The Bertz CT molecular complexity index is 1700. The van der Waals surface area contributed by atoms with Crippen LogP contribution in [0.15, 0.2) is 40.9 Å². The van der Waals surface area contributed by atoms with Gasteiger partial charge in [0.25, 0.3) is 5.91 Å². The fourth-order valence-corrected chi connectivity index (χ4v) is 6.94. The van der Waals surface area contributed by atoms with Crippen molar-refractivity contribution >= 4 is 23.2 Å². The van der Waals surface area contributed by atoms with Crippen molar-refractivity contribution in [3.63, 3.8) is 0 Å². The van der Waals surface area contributed by atoms with Crippen LogP contribution in [0.25, 0.3) is 0 Å². The van der Waals surface area contributed by atoms with Gasteiger partial charge in [-0.25, -0.2) is 13.2 Å². The highest BCUT2D eigenvalue weighted by atomic mass is 19.2. The molecule has 11 nitrogen and oxygen atoms in total. The number of aliphatic hydroxyl groups is 3. The van der Waals surface area contributed by atoms with Crippen LogP contribution in [-0.4, -0.2) is 82.6 Å². The highest BCUT2D eigenvalue weighted by molar-refractivity contribution is 6.25. The number of amides is 1. The molecule has 0 aliphatic heterocycles. The Morgan fingerprint density at radius 3 is 2.22 bits per heavy atom. The number of fused-ring (bicyclic) bond motifs is 3. The van der Waals surface area contributed by atoms with Crippen molar-refractivity contribution in [1.29, 1.82) is 0 Å². The van der Waals surface area contributed by atoms with E-state index in [-0.39, 0.29) is 48.2 Å². The van der Waals surface area contributed by atoms with E-state index in [9.17, 15) is 48.0 Å². The van der Waals surface area contributed by atoms with Crippen molar-refractivity contribution in [3.05, 3.63) is 80.6 Å². The zero-order chi connectivity index (χ0) is 33.3. The van der Waals surface area contributed by atoms with E-state index < -0.39 is 81.2 Å². The van der Waals surface area contributed by atoms with E-state index in [1.54, 1.807) is 39.2 Å². The number of carbonyl (C=O) groups excluding carboxylic acids is 3. The summed E-state index contributed by atoms with van der Waals surface area (Å²) in [6, 6.07) is 2.19. The number of benzene rings is 2. The predicted molar refractivity (Wildman–Crippen MR) is 155 cm³/mol. The number of hydrogen-bond acceptors (Lipinski definition) is 10. The molecule has 0 heterocycles. The maximum atomic E-state index is 14.1. The summed E-state index contributed by atoms with van der Waals surface area (Å²) in [4.78, 5) is 43.0. The van der Waals surface area contributed by atoms with Gasteiger partial charge < -0.3 is 36.4 Å². The van der Waals surface area contributed by atoms with Crippen molar-refractivity contribution in [2.24, 2.45) is 17.6 Å². The zero-order valence-corrected chi connectivity index (χ0v) is 24.9. The van der Waals surface area contributed by atoms with Crippen LogP contribution >= 0.6 is 0 Å². The number of anilines is 1. The number of rotatable bonds is 7. The van der Waals surface area contributed by atoms with E-state index in [0.29, 0.717) is 11.3 Å². The Morgan fingerprint density at radius 2 is 1.67 bits per heavy atom. The number of ketones is 2. The van der Waals surface area contributed by atoms with Gasteiger partial charge in [-0.3, -0.25) is 19.3 Å². The third kappa shape index (κ3) is 4.84. The average Bonchev–Trinajstić information content (AvgIpc) is 2.94. The zero-order valence-electron chi connectivity index (χ0n) is 24.9. The Morgan fingerprint density at radius 1 is 1.04 bits per heavy atom. The molecule has 5 rings (SSSR count). The number of aromatic hydroxyl groups is 1. The van der Waals surface area contributed by atoms with Gasteiger partial charge in [0.2, 0.25) is 5.78 Å². The molecule has 3 aliphatic rings. The van der Waals surface area contributed by atoms with Crippen LogP contribution in [0.2, 0.25) is 0 Å². The molecule has 0 bridgehead atoms. The summed E-state index contributed by atoms with van der Waals surface area (Å²) in [6.07, 6.45) is 0.0605. The summed E-state index contributed by atoms with van der Waals surface area (Å²) in [5, 5.41) is 48.4. The molecule has 1 amide bonds. The molecule has 240 valence electrons. The van der Waals surface area contributed by atoms with Crippen LogP contribution in [0.3, 0.4) is 0 Å². The molecular formula is C31H33F3N4O7. The Kier molecular flexibility index (Phi) is 7.96. The number of phenolic OH excluding ortho intramolecular Hbond substituents is 1. The number of likely N-dealkylation sites (N-methyl/N-ethyl adjacent to an activating group) is 1. The van der Waals surface area contributed by atoms with E-state index in [4.69, 9.17) is 5.73 Å². The van der Waals surface area contributed by atoms with Gasteiger partial charge in [0, 0.05) is 49.9 Å². The monoisotopic (exact) mass is 630 g/mol. The summed E-state index contributed by atoms with van der Waals surface area (Å²) in [6.45, 7) is -0.209. The molecule has 4 atom stereocenters. The highest BCUT2D eigenvalue weighted by Gasteiger charge is 2.63. The molecular weight excluding hydrogens is 597 g/mol. The normalized spacial score (nSPS) is 24.5. The lowest BCUT2D eigenvalue weighted by Crippen LogP contribution is -2.63. The number of nitrogens with zero attached hydrogens (tertiary/aromatic N) is 2. The molecule has 14 heteroatoms. The van der Waals surface area contributed by atoms with Crippen molar-refractivity contribution < 1.29 is 48.0 Å². The fourth-order valence-electron chi connectivity index (χ4n) is 6.94. The number of allylic oxidation sites excluding steroid dienone is 1. The predicted octanol–water partition coefficient (Wildman–Crippen LogP) is 1.89. The van der Waals surface area contributed by atoms with Gasteiger partial charge >= 0.3 is 0 Å². The fraction of sp³-hybridized carbons (Fsp3) is 0.387. The first-order valence-corrected chi connectivity index (χ1v) is 14.1. The van der Waals surface area contributed by atoms with Gasteiger partial charge in [-0.05, 0) is 62.2 Å². The number of hydrogen-bond donors (Lipinski definition) is 6. The quantitative estimate of drug-likeness (QED) is 0.196. The number of Topliss-reactive ketones (excluding diaryl/α,β-unsaturated/α-hetero) is 2. The minimum Gasteiger partial charge on any atom is -0.510 e. The van der Waals surface area contributed by atoms with Crippen LogP contribution in [0.5, 0.6) is 5.75 Å². The first-order chi connectivity index (χ1) is 21.0. The lowest BCUT2D eigenvalue weighted by atomic mass is 9.58. The summed E-state index contributed by atoms with van der Waals surface area (Å²) in [7, 11) is 6.54. The van der Waals surface area contributed by atoms with Gasteiger partial charge in [-0.15, -0.1) is 0 Å². The smallest absolute Gasteiger partial charge is 0.255 e. The largest absolute Gasteiger partial charge is 0.510 e. The second-order valence-corrected chi connectivity index (χ2v) is 12.1. The first-order valence-electron chi connectivity index (χ1n) is 14.1. The standard InChI is InChI=1S/C31H33F3N4O7/c1-37(2)19-9-14(11-36-10-12-5-17(32)23(34)18(33)6-12)25(39)21-15(19)7-13-8-16-24(38(3)4)27(41)22(30(35)44)29(43)31(16,45)28(42)20(13)26(21)40/h5-6,9,13,16,24,36,39,41-42,45H,7-8,10-11H2,1-4H3,(H2,35,44)/t13-,16-,24-,31-/m0/s1. The molecule has 0 radical (unpaired) electrons. The Balaban J connectivity index is 1.58. The first kappa shape index (κ1) is 32.0. The molecule has 0 aromatic heterocycles. The number of primary amides is 1. The van der Waals surface area contributed by atoms with E-state index >= 15 is 0 Å². The Hall–Kier alpha value is -4.40. The number of nitrogens with two attached hydrogens (primary N) is 1. The van der Waals surface area contributed by atoms with Gasteiger partial charge in [-0.2, -0.15) is 0 Å². The minimum atomic E-state index is -2.76. The van der Waals surface area contributed by atoms with Crippen LogP contribution in [0.1, 0.15) is 33.5 Å². The molecule has 0 saturated carbocycles. The molecule has 0 spiro atoms. The van der Waals surface area contributed by atoms with Gasteiger partial charge in [0.1, 0.15) is 22.8 Å². The molecule has 0 saturated heterocycles.